The number of carbonyl (C=O) groups excluding carboxylic acids is 6. The van der Waals surface area contributed by atoms with E-state index in [-0.39, 0.29) is 49.7 Å². The van der Waals surface area contributed by atoms with E-state index in [4.69, 9.17) is 22.9 Å². The van der Waals surface area contributed by atoms with Crippen LogP contribution in [0.15, 0.2) is 9.98 Å². The van der Waals surface area contributed by atoms with Crippen LogP contribution in [0, 0.1) is 5.92 Å². The Hall–Kier alpha value is -4.64. The molecule has 0 aromatic heterocycles. The summed E-state index contributed by atoms with van der Waals surface area (Å²) in [6.45, 7) is 9.76. The second kappa shape index (κ2) is 22.9. The number of hydrogen-bond donors (Lipinski definition) is 9. The van der Waals surface area contributed by atoms with E-state index in [9.17, 15) is 28.8 Å². The summed E-state index contributed by atoms with van der Waals surface area (Å²) in [5.41, 5.74) is 21.8. The zero-order chi connectivity index (χ0) is 37.8. The van der Waals surface area contributed by atoms with Gasteiger partial charge in [-0.1, -0.05) is 33.6 Å². The minimum Gasteiger partial charge on any atom is -0.370 e. The summed E-state index contributed by atoms with van der Waals surface area (Å²) in [7, 11) is 0. The van der Waals surface area contributed by atoms with Crippen molar-refractivity contribution in [1.29, 1.82) is 0 Å². The number of aliphatic imine (C=N–C) groups is 2. The second-order valence-electron chi connectivity index (χ2n) is 12.5. The van der Waals surface area contributed by atoms with Gasteiger partial charge in [-0.3, -0.25) is 38.8 Å². The molecule has 0 radical (unpaired) electrons. The number of nitrogens with two attached hydrogens (primary N) is 4. The molecule has 1 heterocycles. The lowest BCUT2D eigenvalue weighted by Gasteiger charge is -2.31. The van der Waals surface area contributed by atoms with Crippen LogP contribution in [0.2, 0.25) is 0 Å². The van der Waals surface area contributed by atoms with Gasteiger partial charge in [-0.2, -0.15) is 0 Å². The monoisotopic (exact) mass is 708 g/mol. The molecular weight excluding hydrogens is 648 g/mol. The van der Waals surface area contributed by atoms with Gasteiger partial charge in [-0.15, -0.1) is 0 Å². The maximum Gasteiger partial charge on any atom is 0.245 e. The van der Waals surface area contributed by atoms with Crippen LogP contribution in [0.5, 0.6) is 0 Å². The molecule has 18 nitrogen and oxygen atoms in total. The summed E-state index contributed by atoms with van der Waals surface area (Å²) >= 11 is 0. The zero-order valence-electron chi connectivity index (χ0n) is 30.3. The first-order valence-corrected chi connectivity index (χ1v) is 17.5. The van der Waals surface area contributed by atoms with Crippen LogP contribution < -0.4 is 49.5 Å². The van der Waals surface area contributed by atoms with Crippen LogP contribution in [-0.4, -0.2) is 109 Å². The van der Waals surface area contributed by atoms with E-state index in [1.54, 1.807) is 13.8 Å². The fourth-order valence-corrected chi connectivity index (χ4v) is 5.62. The highest BCUT2D eigenvalue weighted by Gasteiger charge is 2.39. The molecule has 1 fully saturated rings. The average molecular weight is 709 g/mol. The van der Waals surface area contributed by atoms with Gasteiger partial charge in [0.15, 0.2) is 11.9 Å². The molecule has 1 aliphatic heterocycles. The molecular formula is C32H60N12O6. The van der Waals surface area contributed by atoms with Crippen molar-refractivity contribution >= 4 is 47.4 Å². The van der Waals surface area contributed by atoms with Gasteiger partial charge in [0.2, 0.25) is 35.4 Å². The van der Waals surface area contributed by atoms with E-state index in [0.29, 0.717) is 58.0 Å². The number of carbonyl (C=O) groups is 6. The second-order valence-corrected chi connectivity index (χ2v) is 12.5. The van der Waals surface area contributed by atoms with Crippen LogP contribution in [0.1, 0.15) is 92.4 Å². The van der Waals surface area contributed by atoms with Crippen molar-refractivity contribution in [2.75, 3.05) is 26.2 Å². The minimum absolute atomic E-state index is 0.106. The Morgan fingerprint density at radius 3 is 1.82 bits per heavy atom. The first kappa shape index (κ1) is 43.4. The van der Waals surface area contributed by atoms with Crippen LogP contribution in [0.3, 0.4) is 0 Å². The third-order valence-corrected chi connectivity index (χ3v) is 8.39. The molecule has 6 amide bonds. The number of rotatable bonds is 22. The zero-order valence-corrected chi connectivity index (χ0v) is 30.3. The van der Waals surface area contributed by atoms with Gasteiger partial charge in [0.1, 0.15) is 30.2 Å². The Balaban J connectivity index is 3.32. The standard InChI is InChI=1S/C32H60N12O6/c1-6-12-21(40-20(5)45)26(46)41-22(13-9-16-38-31(33)34)27(47)43-25(19(4)7-2)29(49)42-23(14-10-17-39-32(35)36)30(50)44-18-11-15-24(44)28(48)37-8-3/h19,21-25H,6-18H2,1-5H3,(H,37,48)(H,40,45)(H,41,46)(H,42,49)(H,43,47)(H4,33,34,38)(H4,35,36,39)/t19-,21+,22-,23-,24-,25-/m0/s1. The first-order valence-electron chi connectivity index (χ1n) is 17.5. The SMILES string of the molecule is CCC[C@@H](NC(C)=O)C(=O)N[C@@H](CCCN=C(N)N)C(=O)N[C@H](C(=O)N[C@@H](CCCN=C(N)N)C(=O)N1CCC[C@H]1C(=O)NCC)[C@@H](C)CC. The molecule has 0 aromatic rings. The van der Waals surface area contributed by atoms with Crippen molar-refractivity contribution in [2.45, 2.75) is 123 Å². The number of likely N-dealkylation sites (tertiary alicyclic amines) is 1. The number of likely N-dealkylation sites (N-methyl/N-ethyl adjacent to an activating group) is 1. The Kier molecular flexibility index (Phi) is 19.9. The summed E-state index contributed by atoms with van der Waals surface area (Å²) < 4.78 is 0. The molecule has 6 atom stereocenters. The Labute approximate surface area is 295 Å². The highest BCUT2D eigenvalue weighted by molar-refractivity contribution is 5.96. The third kappa shape index (κ3) is 15.3. The Morgan fingerprint density at radius 2 is 1.30 bits per heavy atom. The van der Waals surface area contributed by atoms with E-state index in [2.05, 4.69) is 36.6 Å². The summed E-state index contributed by atoms with van der Waals surface area (Å²) in [6, 6.07) is -4.74. The smallest absolute Gasteiger partial charge is 0.245 e. The van der Waals surface area contributed by atoms with E-state index in [0.717, 1.165) is 0 Å². The highest BCUT2D eigenvalue weighted by Crippen LogP contribution is 2.20. The molecule has 0 bridgehead atoms. The molecule has 0 spiro atoms. The molecule has 1 aliphatic rings. The number of amides is 6. The van der Waals surface area contributed by atoms with E-state index < -0.39 is 59.7 Å². The maximum atomic E-state index is 13.9. The largest absolute Gasteiger partial charge is 0.370 e. The van der Waals surface area contributed by atoms with Gasteiger partial charge in [0.05, 0.1) is 0 Å². The van der Waals surface area contributed by atoms with Crippen LogP contribution in [0.4, 0.5) is 0 Å². The van der Waals surface area contributed by atoms with Crippen LogP contribution >= 0.6 is 0 Å². The van der Waals surface area contributed by atoms with Gasteiger partial charge in [0.25, 0.3) is 0 Å². The van der Waals surface area contributed by atoms with E-state index in [1.165, 1.54) is 11.8 Å². The van der Waals surface area contributed by atoms with Gasteiger partial charge < -0.3 is 54.4 Å². The van der Waals surface area contributed by atoms with Crippen molar-refractivity contribution < 1.29 is 28.8 Å². The lowest BCUT2D eigenvalue weighted by molar-refractivity contribution is -0.142. The van der Waals surface area contributed by atoms with Crippen molar-refractivity contribution in [3.63, 3.8) is 0 Å². The van der Waals surface area contributed by atoms with E-state index >= 15 is 0 Å². The van der Waals surface area contributed by atoms with Crippen molar-refractivity contribution in [1.82, 2.24) is 31.5 Å². The first-order chi connectivity index (χ1) is 23.7. The highest BCUT2D eigenvalue weighted by atomic mass is 16.2. The fourth-order valence-electron chi connectivity index (χ4n) is 5.62. The van der Waals surface area contributed by atoms with Gasteiger partial charge in [-0.05, 0) is 57.8 Å². The molecule has 1 rings (SSSR count). The molecule has 1 saturated heterocycles. The molecule has 13 N–H and O–H groups in total. The quantitative estimate of drug-likeness (QED) is 0.0339. The molecule has 50 heavy (non-hydrogen) atoms. The Bertz CT molecular complexity index is 1200. The molecule has 18 heteroatoms. The lowest BCUT2D eigenvalue weighted by Crippen LogP contribution is -2.60. The number of guanidine groups is 2. The third-order valence-electron chi connectivity index (χ3n) is 8.39. The van der Waals surface area contributed by atoms with Crippen LogP contribution in [-0.2, 0) is 28.8 Å². The number of nitrogens with one attached hydrogen (secondary N) is 5. The van der Waals surface area contributed by atoms with Gasteiger partial charge in [0, 0.05) is 33.1 Å². The summed E-state index contributed by atoms with van der Waals surface area (Å²) in [6.07, 6.45) is 3.55. The predicted molar refractivity (Wildman–Crippen MR) is 191 cm³/mol. The topological polar surface area (TPSA) is 295 Å². The normalized spacial score (nSPS) is 16.8. The molecule has 0 aliphatic carbocycles. The fraction of sp³-hybridized carbons (Fsp3) is 0.750. The maximum absolute atomic E-state index is 13.9. The molecule has 0 aromatic carbocycles. The summed E-state index contributed by atoms with van der Waals surface area (Å²) in [5.74, 6) is -3.46. The lowest BCUT2D eigenvalue weighted by atomic mass is 9.96. The van der Waals surface area contributed by atoms with Crippen LogP contribution in [0.25, 0.3) is 0 Å². The summed E-state index contributed by atoms with van der Waals surface area (Å²) in [4.78, 5) is 88.7. The van der Waals surface area contributed by atoms with Crippen molar-refractivity contribution in [3.8, 4) is 0 Å². The average Bonchev–Trinajstić information content (AvgIpc) is 3.55. The summed E-state index contributed by atoms with van der Waals surface area (Å²) in [5, 5.41) is 13.7. The Morgan fingerprint density at radius 1 is 0.760 bits per heavy atom. The predicted octanol–water partition coefficient (Wildman–Crippen LogP) is -1.97. The number of hydrogen-bond acceptors (Lipinski definition) is 8. The van der Waals surface area contributed by atoms with Crippen molar-refractivity contribution in [3.05, 3.63) is 0 Å². The molecule has 284 valence electrons. The van der Waals surface area contributed by atoms with Gasteiger partial charge >= 0.3 is 0 Å². The number of nitrogens with zero attached hydrogens (tertiary/aromatic N) is 3. The minimum atomic E-state index is -1.09. The molecule has 0 saturated carbocycles. The van der Waals surface area contributed by atoms with Gasteiger partial charge in [-0.25, -0.2) is 0 Å². The van der Waals surface area contributed by atoms with Crippen molar-refractivity contribution in [2.24, 2.45) is 38.8 Å². The molecule has 0 unspecified atom stereocenters. The van der Waals surface area contributed by atoms with E-state index in [1.807, 2.05) is 13.8 Å².